The van der Waals surface area contributed by atoms with E-state index in [0.717, 1.165) is 40.3 Å². The van der Waals surface area contributed by atoms with Crippen molar-refractivity contribution >= 4 is 44.3 Å². The van der Waals surface area contributed by atoms with Crippen molar-refractivity contribution in [1.29, 1.82) is 0 Å². The van der Waals surface area contributed by atoms with Crippen molar-refractivity contribution < 1.29 is 9.59 Å². The van der Waals surface area contributed by atoms with Crippen molar-refractivity contribution in [3.63, 3.8) is 0 Å². The van der Waals surface area contributed by atoms with E-state index in [9.17, 15) is 9.59 Å². The highest BCUT2D eigenvalue weighted by Gasteiger charge is 2.41. The zero-order chi connectivity index (χ0) is 19.0. The Morgan fingerprint density at radius 2 is 1.81 bits per heavy atom. The molecule has 1 saturated heterocycles. The van der Waals surface area contributed by atoms with Crippen molar-refractivity contribution in [3.8, 4) is 0 Å². The maximum absolute atomic E-state index is 13.2. The predicted molar refractivity (Wildman–Crippen MR) is 111 cm³/mol. The number of nitrogens with zero attached hydrogens (tertiary/aromatic N) is 2. The van der Waals surface area contributed by atoms with E-state index in [-0.39, 0.29) is 18.2 Å². The molecule has 1 fully saturated rings. The lowest BCUT2D eigenvalue weighted by molar-refractivity contribution is -0.121. The average Bonchev–Trinajstić information content (AvgIpc) is 3.18. The third-order valence-corrected chi connectivity index (χ3v) is 5.71. The number of aromatic nitrogens is 1. The average molecular weight is 425 g/mol. The van der Waals surface area contributed by atoms with E-state index in [1.54, 1.807) is 12.1 Å². The van der Waals surface area contributed by atoms with E-state index in [2.05, 4.69) is 39.7 Å². The van der Waals surface area contributed by atoms with Gasteiger partial charge in [0.25, 0.3) is 0 Å². The summed E-state index contributed by atoms with van der Waals surface area (Å²) in [5.41, 5.74) is 2.72. The van der Waals surface area contributed by atoms with Crippen molar-refractivity contribution in [3.05, 3.63) is 64.8 Å². The number of amides is 2. The molecule has 4 nitrogen and oxygen atoms in total. The van der Waals surface area contributed by atoms with Crippen LogP contribution in [-0.4, -0.2) is 16.4 Å². The SMILES string of the molecule is CCCCn1cc(C2CC(=O)N(c3ccc(Br)cc3)C2=O)c2ccccc21. The Labute approximate surface area is 166 Å². The van der Waals surface area contributed by atoms with Gasteiger partial charge in [0.05, 0.1) is 11.6 Å². The molecule has 0 spiro atoms. The number of benzene rings is 2. The van der Waals surface area contributed by atoms with Gasteiger partial charge in [-0.05, 0) is 42.3 Å². The van der Waals surface area contributed by atoms with E-state index in [1.165, 1.54) is 4.90 Å². The number of hydrogen-bond donors (Lipinski definition) is 0. The van der Waals surface area contributed by atoms with E-state index in [0.29, 0.717) is 5.69 Å². The lowest BCUT2D eigenvalue weighted by Crippen LogP contribution is -2.29. The number of imide groups is 1. The number of unbranched alkanes of at least 4 members (excludes halogenated alkanes) is 1. The Balaban J connectivity index is 1.73. The number of carbonyl (C=O) groups excluding carboxylic acids is 2. The van der Waals surface area contributed by atoms with E-state index < -0.39 is 5.92 Å². The monoisotopic (exact) mass is 424 g/mol. The van der Waals surface area contributed by atoms with Gasteiger partial charge in [0.15, 0.2) is 0 Å². The highest BCUT2D eigenvalue weighted by Crippen LogP contribution is 2.37. The summed E-state index contributed by atoms with van der Waals surface area (Å²) in [4.78, 5) is 27.1. The Kier molecular flexibility index (Phi) is 4.87. The van der Waals surface area contributed by atoms with Gasteiger partial charge >= 0.3 is 0 Å². The molecule has 3 aromatic rings. The van der Waals surface area contributed by atoms with Crippen molar-refractivity contribution in [2.45, 2.75) is 38.6 Å². The zero-order valence-corrected chi connectivity index (χ0v) is 16.8. The van der Waals surface area contributed by atoms with E-state index in [4.69, 9.17) is 0 Å². The van der Waals surface area contributed by atoms with Crippen molar-refractivity contribution in [1.82, 2.24) is 4.57 Å². The van der Waals surface area contributed by atoms with Crippen LogP contribution in [0.3, 0.4) is 0 Å². The summed E-state index contributed by atoms with van der Waals surface area (Å²) in [6.45, 7) is 3.09. The van der Waals surface area contributed by atoms with Crippen LogP contribution in [0.25, 0.3) is 10.9 Å². The van der Waals surface area contributed by atoms with Crippen LogP contribution >= 0.6 is 15.9 Å². The Morgan fingerprint density at radius 1 is 1.07 bits per heavy atom. The van der Waals surface area contributed by atoms with Crippen LogP contribution in [0.2, 0.25) is 0 Å². The maximum atomic E-state index is 13.2. The van der Waals surface area contributed by atoms with Gasteiger partial charge in [0, 0.05) is 34.5 Å². The quantitative estimate of drug-likeness (QED) is 0.524. The first-order valence-corrected chi connectivity index (χ1v) is 10.1. The molecule has 1 aliphatic rings. The normalized spacial score (nSPS) is 17.3. The van der Waals surface area contributed by atoms with Crippen LogP contribution in [-0.2, 0) is 16.1 Å². The van der Waals surface area contributed by atoms with Gasteiger partial charge in [-0.2, -0.15) is 0 Å². The number of rotatable bonds is 5. The minimum absolute atomic E-state index is 0.138. The zero-order valence-electron chi connectivity index (χ0n) is 15.2. The molecule has 0 saturated carbocycles. The second-order valence-electron chi connectivity index (χ2n) is 6.95. The Morgan fingerprint density at radius 3 is 2.56 bits per heavy atom. The van der Waals surface area contributed by atoms with Gasteiger partial charge in [-0.15, -0.1) is 0 Å². The summed E-state index contributed by atoms with van der Waals surface area (Å²) < 4.78 is 3.13. The van der Waals surface area contributed by atoms with Gasteiger partial charge in [0.1, 0.15) is 0 Å². The topological polar surface area (TPSA) is 42.3 Å². The van der Waals surface area contributed by atoms with Crippen LogP contribution in [0.1, 0.15) is 37.7 Å². The van der Waals surface area contributed by atoms with Crippen LogP contribution in [0.5, 0.6) is 0 Å². The number of carbonyl (C=O) groups is 2. The number of anilines is 1. The molecule has 0 aliphatic carbocycles. The van der Waals surface area contributed by atoms with Crippen molar-refractivity contribution in [2.75, 3.05) is 4.90 Å². The highest BCUT2D eigenvalue weighted by atomic mass is 79.9. The smallest absolute Gasteiger partial charge is 0.241 e. The Hall–Kier alpha value is -2.40. The largest absolute Gasteiger partial charge is 0.347 e. The highest BCUT2D eigenvalue weighted by molar-refractivity contribution is 9.10. The summed E-state index contributed by atoms with van der Waals surface area (Å²) in [6, 6.07) is 15.4. The van der Waals surface area contributed by atoms with Crippen LogP contribution < -0.4 is 4.90 Å². The summed E-state index contributed by atoms with van der Waals surface area (Å²) in [6.07, 6.45) is 4.48. The number of para-hydroxylation sites is 1. The predicted octanol–water partition coefficient (Wildman–Crippen LogP) is 5.25. The first-order chi connectivity index (χ1) is 13.1. The molecule has 0 N–H and O–H groups in total. The molecule has 27 heavy (non-hydrogen) atoms. The molecule has 2 amide bonds. The molecule has 0 radical (unpaired) electrons. The molecule has 5 heteroatoms. The fraction of sp³-hybridized carbons (Fsp3) is 0.273. The summed E-state index contributed by atoms with van der Waals surface area (Å²) in [7, 11) is 0. The number of hydrogen-bond acceptors (Lipinski definition) is 2. The van der Waals surface area contributed by atoms with Crippen LogP contribution in [0.4, 0.5) is 5.69 Å². The number of halogens is 1. The van der Waals surface area contributed by atoms with E-state index in [1.807, 2.05) is 30.3 Å². The molecule has 1 unspecified atom stereocenters. The number of aryl methyl sites for hydroxylation is 1. The molecule has 0 bridgehead atoms. The molecule has 1 aliphatic heterocycles. The second kappa shape index (κ2) is 7.31. The molecular formula is C22H21BrN2O2. The second-order valence-corrected chi connectivity index (χ2v) is 7.86. The summed E-state index contributed by atoms with van der Waals surface area (Å²) in [5, 5.41) is 1.07. The van der Waals surface area contributed by atoms with Gasteiger partial charge in [-0.1, -0.05) is 47.5 Å². The van der Waals surface area contributed by atoms with Gasteiger partial charge in [0.2, 0.25) is 11.8 Å². The summed E-state index contributed by atoms with van der Waals surface area (Å²) >= 11 is 3.39. The lowest BCUT2D eigenvalue weighted by atomic mass is 9.97. The molecule has 1 aromatic heterocycles. The molecule has 2 heterocycles. The Bertz CT molecular complexity index is 1010. The third-order valence-electron chi connectivity index (χ3n) is 5.18. The molecule has 4 rings (SSSR count). The van der Waals surface area contributed by atoms with Crippen LogP contribution in [0.15, 0.2) is 59.2 Å². The minimum atomic E-state index is -0.422. The van der Waals surface area contributed by atoms with Gasteiger partial charge in [-0.25, -0.2) is 0 Å². The molecular weight excluding hydrogens is 404 g/mol. The first-order valence-electron chi connectivity index (χ1n) is 9.30. The number of fused-ring (bicyclic) bond motifs is 1. The molecule has 1 atom stereocenters. The molecule has 138 valence electrons. The van der Waals surface area contributed by atoms with E-state index >= 15 is 0 Å². The fourth-order valence-corrected chi connectivity index (χ4v) is 4.07. The van der Waals surface area contributed by atoms with Crippen LogP contribution in [0, 0.1) is 0 Å². The summed E-state index contributed by atoms with van der Waals surface area (Å²) in [5.74, 6) is -0.702. The fourth-order valence-electron chi connectivity index (χ4n) is 3.80. The third kappa shape index (κ3) is 3.21. The van der Waals surface area contributed by atoms with Crippen molar-refractivity contribution in [2.24, 2.45) is 0 Å². The minimum Gasteiger partial charge on any atom is -0.347 e. The lowest BCUT2D eigenvalue weighted by Gasteiger charge is -2.15. The molecule has 2 aromatic carbocycles. The van der Waals surface area contributed by atoms with Gasteiger partial charge in [-0.3, -0.25) is 14.5 Å². The standard InChI is InChI=1S/C22H21BrN2O2/c1-2-3-12-24-14-19(17-6-4-5-7-20(17)24)18-13-21(26)25(22(18)27)16-10-8-15(23)9-11-16/h4-11,14,18H,2-3,12-13H2,1H3. The van der Waals surface area contributed by atoms with Gasteiger partial charge < -0.3 is 4.57 Å². The maximum Gasteiger partial charge on any atom is 0.241 e. The first kappa shape index (κ1) is 18.0.